The minimum absolute atomic E-state index is 0.0525. The van der Waals surface area contributed by atoms with Crippen LogP contribution in [0.25, 0.3) is 5.76 Å². The Bertz CT molecular complexity index is 1540. The van der Waals surface area contributed by atoms with Crippen molar-refractivity contribution in [2.45, 2.75) is 19.9 Å². The van der Waals surface area contributed by atoms with Gasteiger partial charge in [0.2, 0.25) is 0 Å². The number of Topliss-reactive ketones (excluding diaryl/α,β-unsaturated/α-hetero) is 1. The van der Waals surface area contributed by atoms with Gasteiger partial charge in [0.15, 0.2) is 0 Å². The molecular weight excluding hydrogens is 476 g/mol. The van der Waals surface area contributed by atoms with Crippen molar-refractivity contribution < 1.29 is 19.4 Å². The molecule has 0 bridgehead atoms. The average molecular weight is 505 g/mol. The lowest BCUT2D eigenvalue weighted by atomic mass is 9.94. The van der Waals surface area contributed by atoms with E-state index >= 15 is 0 Å². The van der Waals surface area contributed by atoms with Crippen LogP contribution in [0.3, 0.4) is 0 Å². The van der Waals surface area contributed by atoms with E-state index in [1.54, 1.807) is 37.4 Å². The van der Waals surface area contributed by atoms with Crippen LogP contribution in [0.15, 0.2) is 103 Å². The average Bonchev–Trinajstić information content (AvgIpc) is 3.19. The molecule has 2 N–H and O–H groups in total. The third-order valence-corrected chi connectivity index (χ3v) is 6.68. The fourth-order valence-electron chi connectivity index (χ4n) is 4.83. The lowest BCUT2D eigenvalue weighted by Crippen LogP contribution is -2.29. The highest BCUT2D eigenvalue weighted by Gasteiger charge is 2.47. The van der Waals surface area contributed by atoms with Crippen LogP contribution >= 0.6 is 0 Å². The van der Waals surface area contributed by atoms with Crippen molar-refractivity contribution in [1.29, 1.82) is 0 Å². The summed E-state index contributed by atoms with van der Waals surface area (Å²) in [7, 11) is 1.58. The number of aliphatic hydroxyl groups excluding tert-OH is 1. The largest absolute Gasteiger partial charge is 0.507 e. The molecule has 0 saturated carbocycles. The number of aliphatic hydroxyl groups is 1. The Morgan fingerprint density at radius 3 is 2.21 bits per heavy atom. The van der Waals surface area contributed by atoms with Gasteiger partial charge in [-0.2, -0.15) is 0 Å². The van der Waals surface area contributed by atoms with Gasteiger partial charge in [-0.3, -0.25) is 14.5 Å². The number of benzene rings is 4. The van der Waals surface area contributed by atoms with Gasteiger partial charge in [0.05, 0.1) is 18.7 Å². The lowest BCUT2D eigenvalue weighted by Gasteiger charge is -2.26. The Morgan fingerprint density at radius 2 is 1.55 bits per heavy atom. The molecule has 4 aromatic rings. The van der Waals surface area contributed by atoms with Crippen molar-refractivity contribution in [1.82, 2.24) is 0 Å². The van der Waals surface area contributed by atoms with Crippen LogP contribution in [0.2, 0.25) is 0 Å². The molecule has 1 atom stereocenters. The minimum Gasteiger partial charge on any atom is -0.507 e. The van der Waals surface area contributed by atoms with E-state index in [0.717, 1.165) is 28.1 Å². The van der Waals surface area contributed by atoms with Crippen molar-refractivity contribution in [2.75, 3.05) is 17.3 Å². The topological polar surface area (TPSA) is 78.9 Å². The Morgan fingerprint density at radius 1 is 0.842 bits per heavy atom. The number of hydrogen-bond donors (Lipinski definition) is 2. The van der Waals surface area contributed by atoms with Crippen molar-refractivity contribution in [2.24, 2.45) is 0 Å². The van der Waals surface area contributed by atoms with E-state index in [0.29, 0.717) is 17.0 Å². The van der Waals surface area contributed by atoms with Gasteiger partial charge in [0, 0.05) is 22.6 Å². The number of carbonyl (C=O) groups excluding carboxylic acids is 2. The molecule has 6 heteroatoms. The molecular formula is C32H28N2O4. The van der Waals surface area contributed by atoms with Crippen molar-refractivity contribution in [3.05, 3.63) is 125 Å². The zero-order valence-corrected chi connectivity index (χ0v) is 21.4. The fourth-order valence-corrected chi connectivity index (χ4v) is 4.83. The first kappa shape index (κ1) is 24.8. The maximum Gasteiger partial charge on any atom is 0.300 e. The molecule has 190 valence electrons. The van der Waals surface area contributed by atoms with Gasteiger partial charge in [-0.15, -0.1) is 0 Å². The summed E-state index contributed by atoms with van der Waals surface area (Å²) in [5.74, 6) is -0.965. The molecule has 1 aliphatic heterocycles. The number of ketones is 1. The molecule has 5 rings (SSSR count). The molecule has 4 aromatic carbocycles. The predicted molar refractivity (Wildman–Crippen MR) is 150 cm³/mol. The van der Waals surface area contributed by atoms with Gasteiger partial charge in [-0.25, -0.2) is 0 Å². The number of anilines is 3. The number of hydrogen-bond acceptors (Lipinski definition) is 5. The van der Waals surface area contributed by atoms with E-state index in [9.17, 15) is 14.7 Å². The molecule has 1 heterocycles. The van der Waals surface area contributed by atoms with Crippen LogP contribution in [0.4, 0.5) is 17.1 Å². The van der Waals surface area contributed by atoms with Crippen LogP contribution < -0.4 is 15.0 Å². The normalized spacial score (nSPS) is 16.5. The Hall–Kier alpha value is -4.84. The minimum atomic E-state index is -0.787. The zero-order valence-electron chi connectivity index (χ0n) is 21.4. The molecule has 1 unspecified atom stereocenters. The van der Waals surface area contributed by atoms with Gasteiger partial charge in [-0.1, -0.05) is 48.0 Å². The lowest BCUT2D eigenvalue weighted by molar-refractivity contribution is -0.132. The summed E-state index contributed by atoms with van der Waals surface area (Å²) in [6, 6.07) is 29.1. The number of ether oxygens (including phenoxy) is 1. The molecule has 1 fully saturated rings. The first-order chi connectivity index (χ1) is 18.4. The van der Waals surface area contributed by atoms with Crippen LogP contribution in [0.5, 0.6) is 5.75 Å². The quantitative estimate of drug-likeness (QED) is 0.174. The van der Waals surface area contributed by atoms with E-state index in [1.807, 2.05) is 80.6 Å². The summed E-state index contributed by atoms with van der Waals surface area (Å²) in [4.78, 5) is 28.4. The Kier molecular flexibility index (Phi) is 6.71. The summed E-state index contributed by atoms with van der Waals surface area (Å²) in [5.41, 5.74) is 5.37. The van der Waals surface area contributed by atoms with Crippen LogP contribution in [-0.4, -0.2) is 23.9 Å². The van der Waals surface area contributed by atoms with E-state index in [4.69, 9.17) is 4.74 Å². The molecule has 1 saturated heterocycles. The number of para-hydroxylation sites is 1. The van der Waals surface area contributed by atoms with Crippen molar-refractivity contribution in [3.63, 3.8) is 0 Å². The fraction of sp³-hybridized carbons (Fsp3) is 0.125. The first-order valence-corrected chi connectivity index (χ1v) is 12.3. The summed E-state index contributed by atoms with van der Waals surface area (Å²) >= 11 is 0. The number of nitrogens with one attached hydrogen (secondary N) is 1. The molecule has 0 aromatic heterocycles. The summed E-state index contributed by atoms with van der Waals surface area (Å²) in [5, 5.41) is 14.7. The molecule has 1 aliphatic rings. The smallest absolute Gasteiger partial charge is 0.300 e. The van der Waals surface area contributed by atoms with Crippen LogP contribution in [0, 0.1) is 13.8 Å². The van der Waals surface area contributed by atoms with Gasteiger partial charge < -0.3 is 15.2 Å². The highest BCUT2D eigenvalue weighted by Crippen LogP contribution is 2.43. The van der Waals surface area contributed by atoms with Gasteiger partial charge in [-0.05, 0) is 79.6 Å². The SMILES string of the molecule is COc1ccc(/C(O)=C2/C(=O)C(=O)N(c3ccc(Nc4ccccc4)cc3)C2c2cccc(C)c2)cc1C. The zero-order chi connectivity index (χ0) is 26.8. The second kappa shape index (κ2) is 10.3. The van der Waals surface area contributed by atoms with Crippen LogP contribution in [0.1, 0.15) is 28.3 Å². The molecule has 1 amide bonds. The van der Waals surface area contributed by atoms with E-state index in [1.165, 1.54) is 4.90 Å². The number of nitrogens with zero attached hydrogens (tertiary/aromatic N) is 1. The van der Waals surface area contributed by atoms with E-state index < -0.39 is 17.7 Å². The highest BCUT2D eigenvalue weighted by molar-refractivity contribution is 6.51. The first-order valence-electron chi connectivity index (χ1n) is 12.3. The molecule has 38 heavy (non-hydrogen) atoms. The molecule has 0 radical (unpaired) electrons. The third-order valence-electron chi connectivity index (χ3n) is 6.68. The van der Waals surface area contributed by atoms with Gasteiger partial charge in [0.1, 0.15) is 11.5 Å². The second-order valence-corrected chi connectivity index (χ2v) is 9.31. The predicted octanol–water partition coefficient (Wildman–Crippen LogP) is 6.68. The third kappa shape index (κ3) is 4.64. The van der Waals surface area contributed by atoms with Gasteiger partial charge >= 0.3 is 0 Å². The summed E-state index contributed by atoms with van der Waals surface area (Å²) in [6.45, 7) is 3.81. The van der Waals surface area contributed by atoms with Crippen molar-refractivity contribution in [3.8, 4) is 5.75 Å². The van der Waals surface area contributed by atoms with E-state index in [-0.39, 0.29) is 11.3 Å². The number of aryl methyl sites for hydroxylation is 2. The highest BCUT2D eigenvalue weighted by atomic mass is 16.5. The summed E-state index contributed by atoms with van der Waals surface area (Å²) in [6.07, 6.45) is 0. The number of carbonyl (C=O) groups is 2. The molecule has 6 nitrogen and oxygen atoms in total. The maximum absolute atomic E-state index is 13.5. The van der Waals surface area contributed by atoms with Crippen LogP contribution in [-0.2, 0) is 9.59 Å². The molecule has 0 spiro atoms. The summed E-state index contributed by atoms with van der Waals surface area (Å²) < 4.78 is 5.34. The number of methoxy groups -OCH3 is 1. The van der Waals surface area contributed by atoms with Crippen molar-refractivity contribution >= 4 is 34.5 Å². The molecule has 0 aliphatic carbocycles. The van der Waals surface area contributed by atoms with E-state index in [2.05, 4.69) is 5.32 Å². The standard InChI is InChI=1S/C32H28N2O4/c1-20-8-7-9-22(18-20)29-28(30(35)23-12-17-27(38-3)21(2)19-23)31(36)32(37)34(29)26-15-13-25(14-16-26)33-24-10-5-4-6-11-24/h4-19,29,33,35H,1-3H3/b30-28-. The second-order valence-electron chi connectivity index (χ2n) is 9.31. The maximum atomic E-state index is 13.5. The number of amides is 1. The monoisotopic (exact) mass is 504 g/mol. The van der Waals surface area contributed by atoms with Gasteiger partial charge in [0.25, 0.3) is 11.7 Å². The Balaban J connectivity index is 1.60. The number of rotatable bonds is 6. The Labute approximate surface area is 221 Å².